The molecule has 2 N–H and O–H groups in total. The second-order valence-electron chi connectivity index (χ2n) is 8.71. The molecule has 5 rings (SSSR count). The largest absolute Gasteiger partial charge is 0.480 e. The Bertz CT molecular complexity index is 1380. The summed E-state index contributed by atoms with van der Waals surface area (Å²) in [6.45, 7) is 0. The van der Waals surface area contributed by atoms with E-state index in [4.69, 9.17) is 0 Å². The summed E-state index contributed by atoms with van der Waals surface area (Å²) in [5.74, 6) is -0.922. The summed E-state index contributed by atoms with van der Waals surface area (Å²) in [5.41, 5.74) is 2.88. The minimum atomic E-state index is -0.922. The van der Waals surface area contributed by atoms with Gasteiger partial charge in [-0.25, -0.2) is 4.98 Å². The third-order valence-corrected chi connectivity index (χ3v) is 7.19. The van der Waals surface area contributed by atoms with Gasteiger partial charge in [0.05, 0.1) is 5.54 Å². The predicted octanol–water partition coefficient (Wildman–Crippen LogP) is 6.57. The van der Waals surface area contributed by atoms with Crippen molar-refractivity contribution in [2.45, 2.75) is 18.0 Å². The average Bonchev–Trinajstić information content (AvgIpc) is 2.94. The van der Waals surface area contributed by atoms with Crippen molar-refractivity contribution in [1.82, 2.24) is 10.3 Å². The predicted molar refractivity (Wildman–Crippen MR) is 147 cm³/mol. The quantitative estimate of drug-likeness (QED) is 0.174. The molecule has 0 aliphatic heterocycles. The lowest BCUT2D eigenvalue weighted by Gasteiger charge is -2.39. The topological polar surface area (TPSA) is 62.2 Å². The van der Waals surface area contributed by atoms with Crippen molar-refractivity contribution in [3.05, 3.63) is 148 Å². The summed E-state index contributed by atoms with van der Waals surface area (Å²) in [5, 5.41) is 16.0. The van der Waals surface area contributed by atoms with Gasteiger partial charge in [0.15, 0.2) is 0 Å². The Labute approximate surface area is 218 Å². The Morgan fingerprint density at radius 3 is 1.67 bits per heavy atom. The Hall–Kier alpha value is -3.80. The number of pyridine rings is 1. The molecule has 0 radical (unpaired) electrons. The number of carbonyl (C=O) groups is 1. The van der Waals surface area contributed by atoms with E-state index < -0.39 is 17.6 Å². The molecular formula is C31H25BrN2O2. The second-order valence-corrected chi connectivity index (χ2v) is 9.46. The Kier molecular flexibility index (Phi) is 6.94. The molecule has 5 aromatic rings. The van der Waals surface area contributed by atoms with Crippen LogP contribution in [-0.4, -0.2) is 22.1 Å². The highest BCUT2D eigenvalue weighted by Gasteiger charge is 2.40. The molecule has 1 unspecified atom stereocenters. The summed E-state index contributed by atoms with van der Waals surface area (Å²) >= 11 is 3.52. The maximum absolute atomic E-state index is 12.8. The standard InChI is InChI=1S/C31H25BrN2O2/c32-29-27-19-11-10-18-26(27)22(21-33-29)20-28(30(35)36)34-31(23-12-4-1-5-13-23,24-14-6-2-7-15-24)25-16-8-3-9-17-25/h1-19,21,28,34H,20H2,(H,35,36). The van der Waals surface area contributed by atoms with E-state index in [1.807, 2.05) is 115 Å². The molecule has 36 heavy (non-hydrogen) atoms. The van der Waals surface area contributed by atoms with Crippen molar-refractivity contribution in [2.24, 2.45) is 0 Å². The van der Waals surface area contributed by atoms with Crippen LogP contribution in [0.4, 0.5) is 0 Å². The fourth-order valence-corrected chi connectivity index (χ4v) is 5.32. The number of aliphatic carboxylic acids is 1. The molecule has 0 fully saturated rings. The molecule has 0 saturated heterocycles. The zero-order chi connectivity index (χ0) is 25.0. The highest BCUT2D eigenvalue weighted by Crippen LogP contribution is 2.38. The number of halogens is 1. The van der Waals surface area contributed by atoms with E-state index in [2.05, 4.69) is 26.2 Å². The molecule has 4 aromatic carbocycles. The summed E-state index contributed by atoms with van der Waals surface area (Å²) in [6.07, 6.45) is 2.03. The van der Waals surface area contributed by atoms with Gasteiger partial charge in [0.25, 0.3) is 0 Å². The van der Waals surface area contributed by atoms with E-state index in [9.17, 15) is 9.90 Å². The molecule has 178 valence electrons. The van der Waals surface area contributed by atoms with Crippen LogP contribution in [0.25, 0.3) is 10.8 Å². The van der Waals surface area contributed by atoms with Crippen molar-refractivity contribution in [3.8, 4) is 0 Å². The number of hydrogen-bond acceptors (Lipinski definition) is 3. The maximum atomic E-state index is 12.8. The van der Waals surface area contributed by atoms with Crippen molar-refractivity contribution in [2.75, 3.05) is 0 Å². The number of rotatable bonds is 8. The van der Waals surface area contributed by atoms with Crippen LogP contribution in [0.2, 0.25) is 0 Å². The van der Waals surface area contributed by atoms with Gasteiger partial charge < -0.3 is 5.11 Å². The normalized spacial score (nSPS) is 12.4. The van der Waals surface area contributed by atoms with Crippen LogP contribution >= 0.6 is 15.9 Å². The summed E-state index contributed by atoms with van der Waals surface area (Å²) < 4.78 is 0.744. The Balaban J connectivity index is 1.68. The molecule has 0 saturated carbocycles. The molecule has 0 spiro atoms. The van der Waals surface area contributed by atoms with Crippen molar-refractivity contribution in [1.29, 1.82) is 0 Å². The first-order chi connectivity index (χ1) is 17.6. The van der Waals surface area contributed by atoms with Crippen molar-refractivity contribution >= 4 is 32.7 Å². The molecule has 0 aliphatic rings. The summed E-state index contributed by atoms with van der Waals surface area (Å²) in [4.78, 5) is 17.3. The molecule has 0 amide bonds. The number of fused-ring (bicyclic) bond motifs is 1. The Morgan fingerprint density at radius 1 is 0.750 bits per heavy atom. The molecule has 1 atom stereocenters. The van der Waals surface area contributed by atoms with Crippen molar-refractivity contribution < 1.29 is 9.90 Å². The molecule has 5 heteroatoms. The highest BCUT2D eigenvalue weighted by atomic mass is 79.9. The van der Waals surface area contributed by atoms with E-state index in [1.165, 1.54) is 0 Å². The molecule has 0 bridgehead atoms. The van der Waals surface area contributed by atoms with Gasteiger partial charge >= 0.3 is 5.97 Å². The lowest BCUT2D eigenvalue weighted by atomic mass is 9.76. The minimum Gasteiger partial charge on any atom is -0.480 e. The fourth-order valence-electron chi connectivity index (χ4n) is 4.88. The van der Waals surface area contributed by atoms with Crippen LogP contribution in [0.3, 0.4) is 0 Å². The molecule has 0 aliphatic carbocycles. The van der Waals surface area contributed by atoms with Crippen LogP contribution in [0.5, 0.6) is 0 Å². The number of carboxylic acids is 1. The average molecular weight is 537 g/mol. The SMILES string of the molecule is O=C(O)C(Cc1cnc(Br)c2ccccc12)NC(c1ccccc1)(c1ccccc1)c1ccccc1. The lowest BCUT2D eigenvalue weighted by molar-refractivity contribution is -0.139. The highest BCUT2D eigenvalue weighted by molar-refractivity contribution is 9.10. The van der Waals surface area contributed by atoms with Gasteiger partial charge in [0, 0.05) is 18.0 Å². The zero-order valence-electron chi connectivity index (χ0n) is 19.5. The van der Waals surface area contributed by atoms with E-state index in [1.54, 1.807) is 6.20 Å². The molecular weight excluding hydrogens is 512 g/mol. The van der Waals surface area contributed by atoms with Gasteiger partial charge in [0.2, 0.25) is 0 Å². The Morgan fingerprint density at radius 2 is 1.19 bits per heavy atom. The first kappa shape index (κ1) is 23.9. The number of hydrogen-bond donors (Lipinski definition) is 2. The van der Waals surface area contributed by atoms with Gasteiger partial charge in [-0.1, -0.05) is 115 Å². The first-order valence-electron chi connectivity index (χ1n) is 11.8. The van der Waals surface area contributed by atoms with Crippen LogP contribution in [0, 0.1) is 0 Å². The monoisotopic (exact) mass is 536 g/mol. The van der Waals surface area contributed by atoms with Gasteiger partial charge in [-0.05, 0) is 43.6 Å². The van der Waals surface area contributed by atoms with Crippen LogP contribution < -0.4 is 5.32 Å². The fraction of sp³-hybridized carbons (Fsp3) is 0.0968. The number of aromatic nitrogens is 1. The zero-order valence-corrected chi connectivity index (χ0v) is 21.1. The van der Waals surface area contributed by atoms with E-state index in [0.29, 0.717) is 0 Å². The van der Waals surface area contributed by atoms with E-state index in [0.717, 1.165) is 37.6 Å². The minimum absolute atomic E-state index is 0.268. The number of nitrogens with one attached hydrogen (secondary N) is 1. The smallest absolute Gasteiger partial charge is 0.321 e. The van der Waals surface area contributed by atoms with E-state index in [-0.39, 0.29) is 6.42 Å². The van der Waals surface area contributed by atoms with Gasteiger partial charge in [-0.3, -0.25) is 10.1 Å². The maximum Gasteiger partial charge on any atom is 0.321 e. The van der Waals surface area contributed by atoms with Crippen LogP contribution in [-0.2, 0) is 16.8 Å². The second kappa shape index (κ2) is 10.4. The van der Waals surface area contributed by atoms with Gasteiger partial charge in [-0.15, -0.1) is 0 Å². The van der Waals surface area contributed by atoms with Crippen LogP contribution in [0.15, 0.2) is 126 Å². The third kappa shape index (κ3) is 4.55. The lowest BCUT2D eigenvalue weighted by Crippen LogP contribution is -2.53. The van der Waals surface area contributed by atoms with Gasteiger partial charge in [-0.2, -0.15) is 0 Å². The summed E-state index contributed by atoms with van der Waals surface area (Å²) in [7, 11) is 0. The third-order valence-electron chi connectivity index (χ3n) is 6.56. The van der Waals surface area contributed by atoms with Crippen LogP contribution in [0.1, 0.15) is 22.3 Å². The summed E-state index contributed by atoms with van der Waals surface area (Å²) in [6, 6.07) is 37.1. The molecule has 4 nitrogen and oxygen atoms in total. The van der Waals surface area contributed by atoms with Gasteiger partial charge in [0.1, 0.15) is 10.6 Å². The number of carboxylic acid groups (broad SMARTS) is 1. The first-order valence-corrected chi connectivity index (χ1v) is 12.6. The molecule has 1 aromatic heterocycles. The van der Waals surface area contributed by atoms with Crippen molar-refractivity contribution in [3.63, 3.8) is 0 Å². The number of nitrogens with zero attached hydrogens (tertiary/aromatic N) is 1. The van der Waals surface area contributed by atoms with E-state index >= 15 is 0 Å². The number of benzene rings is 4. The molecule has 1 heterocycles.